The summed E-state index contributed by atoms with van der Waals surface area (Å²) < 4.78 is 28.1. The lowest BCUT2D eigenvalue weighted by atomic mass is 9.93. The van der Waals surface area contributed by atoms with Gasteiger partial charge in [-0.25, -0.2) is 13.8 Å². The van der Waals surface area contributed by atoms with Gasteiger partial charge in [-0.1, -0.05) is 35.9 Å². The molecular formula is C35H36ClF2N5O3. The number of hydrogen-bond donors (Lipinski definition) is 3. The molecule has 3 aliphatic rings. The molecule has 3 N–H and O–H groups in total. The number of allylic oxidation sites excluding steroid dienone is 1. The molecule has 0 spiro atoms. The average Bonchev–Trinajstić information content (AvgIpc) is 3.80. The number of nitrogens with one attached hydrogen (secondary N) is 3. The molecule has 0 radical (unpaired) electrons. The fourth-order valence-electron chi connectivity index (χ4n) is 6.02. The summed E-state index contributed by atoms with van der Waals surface area (Å²) in [7, 11) is 0. The third-order valence-corrected chi connectivity index (χ3v) is 9.01. The Kier molecular flexibility index (Phi) is 9.47. The highest BCUT2D eigenvalue weighted by Gasteiger charge is 2.40. The maximum atomic E-state index is 14.7. The number of nitrogens with zero attached hydrogens (tertiary/aromatic N) is 2. The molecule has 1 saturated carbocycles. The normalized spacial score (nSPS) is 20.5. The molecule has 3 heterocycles. The number of rotatable bonds is 9. The van der Waals surface area contributed by atoms with Crippen molar-refractivity contribution in [1.82, 2.24) is 25.8 Å². The summed E-state index contributed by atoms with van der Waals surface area (Å²) in [5, 5.41) is 10.1. The summed E-state index contributed by atoms with van der Waals surface area (Å²) in [5.74, 6) is -1.53. The quantitative estimate of drug-likeness (QED) is 0.290. The minimum atomic E-state index is -1.38. The van der Waals surface area contributed by atoms with Crippen LogP contribution in [-0.2, 0) is 9.59 Å². The van der Waals surface area contributed by atoms with E-state index in [2.05, 4.69) is 33.1 Å². The number of amides is 3. The Morgan fingerprint density at radius 1 is 1.17 bits per heavy atom. The van der Waals surface area contributed by atoms with Crippen LogP contribution in [0.4, 0.5) is 8.78 Å². The van der Waals surface area contributed by atoms with Gasteiger partial charge in [0.15, 0.2) is 0 Å². The fourth-order valence-corrected chi connectivity index (χ4v) is 6.31. The second kappa shape index (κ2) is 13.7. The van der Waals surface area contributed by atoms with Gasteiger partial charge in [0.1, 0.15) is 23.7 Å². The Bertz CT molecular complexity index is 1740. The van der Waals surface area contributed by atoms with E-state index in [9.17, 15) is 23.2 Å². The van der Waals surface area contributed by atoms with E-state index in [1.54, 1.807) is 6.07 Å². The molecule has 2 fully saturated rings. The molecule has 1 aromatic heterocycles. The van der Waals surface area contributed by atoms with E-state index in [1.807, 2.05) is 25.1 Å². The third-order valence-electron chi connectivity index (χ3n) is 8.70. The van der Waals surface area contributed by atoms with Crippen LogP contribution in [0.5, 0.6) is 0 Å². The number of pyridine rings is 1. The first-order valence-corrected chi connectivity index (χ1v) is 16.0. The number of hydrogen-bond acceptors (Lipinski definition) is 5. The predicted octanol–water partition coefficient (Wildman–Crippen LogP) is 5.37. The molecule has 46 heavy (non-hydrogen) atoms. The minimum absolute atomic E-state index is 0.0495. The van der Waals surface area contributed by atoms with Gasteiger partial charge in [0, 0.05) is 23.4 Å². The maximum absolute atomic E-state index is 14.7. The SMILES string of the molecule is C[C@H](NC(=O)[C@@H]1C[C@@H](F)CN1C(=O)CNC(=O)c1ccc2cc(F)ccc2n1)c1cc(C2=CCCNC2)c(Cl)cc1/C=C/C1CC1. The number of aromatic nitrogens is 1. The van der Waals surface area contributed by atoms with Gasteiger partial charge in [0.2, 0.25) is 11.8 Å². The molecule has 8 nitrogen and oxygen atoms in total. The van der Waals surface area contributed by atoms with Crippen LogP contribution < -0.4 is 16.0 Å². The van der Waals surface area contributed by atoms with E-state index in [4.69, 9.17) is 11.6 Å². The molecule has 3 atom stereocenters. The van der Waals surface area contributed by atoms with Crippen molar-refractivity contribution in [3.63, 3.8) is 0 Å². The van der Waals surface area contributed by atoms with Gasteiger partial charge < -0.3 is 20.9 Å². The number of benzene rings is 2. The van der Waals surface area contributed by atoms with Gasteiger partial charge in [-0.2, -0.15) is 0 Å². The summed E-state index contributed by atoms with van der Waals surface area (Å²) in [6.07, 6.45) is 8.07. The van der Waals surface area contributed by atoms with Crippen LogP contribution in [0, 0.1) is 11.7 Å². The summed E-state index contributed by atoms with van der Waals surface area (Å²) in [6, 6.07) is 9.48. The average molecular weight is 648 g/mol. The summed E-state index contributed by atoms with van der Waals surface area (Å²) >= 11 is 6.75. The Hall–Kier alpha value is -4.15. The number of carbonyl (C=O) groups is 3. The third kappa shape index (κ3) is 7.29. The maximum Gasteiger partial charge on any atom is 0.270 e. The lowest BCUT2D eigenvalue weighted by Crippen LogP contribution is -2.49. The largest absolute Gasteiger partial charge is 0.348 e. The van der Waals surface area contributed by atoms with Gasteiger partial charge in [-0.15, -0.1) is 0 Å². The second-order valence-electron chi connectivity index (χ2n) is 12.2. The zero-order chi connectivity index (χ0) is 32.4. The Morgan fingerprint density at radius 3 is 2.76 bits per heavy atom. The monoisotopic (exact) mass is 647 g/mol. The van der Waals surface area contributed by atoms with Crippen molar-refractivity contribution >= 4 is 51.9 Å². The number of halogens is 3. The molecule has 0 unspecified atom stereocenters. The molecule has 2 aliphatic heterocycles. The molecule has 11 heteroatoms. The zero-order valence-electron chi connectivity index (χ0n) is 25.5. The first kappa shape index (κ1) is 31.8. The van der Waals surface area contributed by atoms with Crippen LogP contribution >= 0.6 is 11.6 Å². The van der Waals surface area contributed by atoms with Crippen molar-refractivity contribution < 1.29 is 23.2 Å². The van der Waals surface area contributed by atoms with E-state index < -0.39 is 48.3 Å². The Morgan fingerprint density at radius 2 is 2.00 bits per heavy atom. The minimum Gasteiger partial charge on any atom is -0.348 e. The van der Waals surface area contributed by atoms with Crippen molar-refractivity contribution in [3.05, 3.63) is 87.8 Å². The molecule has 1 saturated heterocycles. The Labute approximate surface area is 271 Å². The number of carbonyl (C=O) groups excluding carboxylic acids is 3. The van der Waals surface area contributed by atoms with Crippen molar-refractivity contribution in [3.8, 4) is 0 Å². The van der Waals surface area contributed by atoms with Gasteiger partial charge >= 0.3 is 0 Å². The molecule has 240 valence electrons. The van der Waals surface area contributed by atoms with E-state index >= 15 is 0 Å². The Balaban J connectivity index is 1.14. The van der Waals surface area contributed by atoms with E-state index in [0.29, 0.717) is 28.4 Å². The van der Waals surface area contributed by atoms with Gasteiger partial charge in [0.25, 0.3) is 5.91 Å². The van der Waals surface area contributed by atoms with Gasteiger partial charge in [0.05, 0.1) is 24.6 Å². The standard InChI is InChI=1S/C35H36ClF2N5O3/c1-20(27-16-28(24-3-2-12-39-17-24)29(36)14-22(27)7-6-21-4-5-21)41-35(46)32-15-26(38)19-43(32)33(44)18-40-34(45)31-10-8-23-13-25(37)9-11-30(23)42-31/h3,6-11,13-14,16,20-21,26,32,39H,2,4-5,12,15,17-19H2,1H3,(H,40,45)(H,41,46)/b7-6+/t20-,26+,32-/m0/s1. The van der Waals surface area contributed by atoms with Crippen molar-refractivity contribution in [2.24, 2.45) is 5.92 Å². The van der Waals surface area contributed by atoms with Crippen LogP contribution in [0.15, 0.2) is 54.6 Å². The molecule has 3 amide bonds. The van der Waals surface area contributed by atoms with Crippen LogP contribution in [0.25, 0.3) is 22.6 Å². The van der Waals surface area contributed by atoms with Crippen molar-refractivity contribution in [2.75, 3.05) is 26.2 Å². The predicted molar refractivity (Wildman–Crippen MR) is 174 cm³/mol. The van der Waals surface area contributed by atoms with Gasteiger partial charge in [-0.05, 0) is 97.3 Å². The van der Waals surface area contributed by atoms with E-state index in [0.717, 1.165) is 48.1 Å². The van der Waals surface area contributed by atoms with Crippen LogP contribution in [-0.4, -0.2) is 66.0 Å². The van der Waals surface area contributed by atoms with Crippen LogP contribution in [0.3, 0.4) is 0 Å². The molecule has 6 rings (SSSR count). The van der Waals surface area contributed by atoms with Crippen LogP contribution in [0.1, 0.15) is 65.8 Å². The van der Waals surface area contributed by atoms with E-state index in [-0.39, 0.29) is 18.7 Å². The molecule has 3 aromatic rings. The van der Waals surface area contributed by atoms with Crippen LogP contribution in [0.2, 0.25) is 5.02 Å². The van der Waals surface area contributed by atoms with Crippen molar-refractivity contribution in [2.45, 2.75) is 50.9 Å². The lowest BCUT2D eigenvalue weighted by Gasteiger charge is -2.26. The smallest absolute Gasteiger partial charge is 0.270 e. The summed E-state index contributed by atoms with van der Waals surface area (Å²) in [4.78, 5) is 44.9. The fraction of sp³-hybridized carbons (Fsp3) is 0.371. The lowest BCUT2D eigenvalue weighted by molar-refractivity contribution is -0.138. The second-order valence-corrected chi connectivity index (χ2v) is 12.6. The molecule has 2 aromatic carbocycles. The number of fused-ring (bicyclic) bond motifs is 1. The van der Waals surface area contributed by atoms with Crippen molar-refractivity contribution in [1.29, 1.82) is 0 Å². The summed E-state index contributed by atoms with van der Waals surface area (Å²) in [6.45, 7) is 2.78. The van der Waals surface area contributed by atoms with E-state index in [1.165, 1.54) is 29.2 Å². The zero-order valence-corrected chi connectivity index (χ0v) is 26.2. The number of likely N-dealkylation sites (tertiary alicyclic amines) is 1. The summed E-state index contributed by atoms with van der Waals surface area (Å²) in [5.41, 5.74) is 4.25. The highest BCUT2D eigenvalue weighted by atomic mass is 35.5. The molecule has 1 aliphatic carbocycles. The first-order valence-electron chi connectivity index (χ1n) is 15.7. The number of alkyl halides is 1. The molecule has 0 bridgehead atoms. The van der Waals surface area contributed by atoms with Gasteiger partial charge in [-0.3, -0.25) is 14.4 Å². The first-order chi connectivity index (χ1) is 22.2. The highest BCUT2D eigenvalue weighted by molar-refractivity contribution is 6.32. The topological polar surface area (TPSA) is 103 Å². The highest BCUT2D eigenvalue weighted by Crippen LogP contribution is 2.35. The molecular weight excluding hydrogens is 612 g/mol.